The molecule has 2 fully saturated rings. The molecule has 1 aromatic carbocycles. The summed E-state index contributed by atoms with van der Waals surface area (Å²) in [7, 11) is 2.00. The van der Waals surface area contributed by atoms with Gasteiger partial charge in [-0.15, -0.1) is 0 Å². The predicted octanol–water partition coefficient (Wildman–Crippen LogP) is 2.47. The molecule has 3 nitrogen and oxygen atoms in total. The highest BCUT2D eigenvalue weighted by Gasteiger charge is 2.51. The molecule has 0 aromatic heterocycles. The summed E-state index contributed by atoms with van der Waals surface area (Å²) < 4.78 is 0. The fourth-order valence-electron chi connectivity index (χ4n) is 3.64. The van der Waals surface area contributed by atoms with E-state index in [0.717, 1.165) is 45.3 Å². The number of carbonyl (C=O) groups excluding carboxylic acids is 1. The quantitative estimate of drug-likeness (QED) is 0.902. The minimum atomic E-state index is -0.0805. The van der Waals surface area contributed by atoms with E-state index in [1.807, 2.05) is 13.1 Å². The number of rotatable bonds is 5. The van der Waals surface area contributed by atoms with Crippen LogP contribution in [0.5, 0.6) is 0 Å². The maximum atomic E-state index is 12.9. The van der Waals surface area contributed by atoms with E-state index in [0.29, 0.717) is 11.8 Å². The lowest BCUT2D eigenvalue weighted by Crippen LogP contribution is -2.46. The van der Waals surface area contributed by atoms with Gasteiger partial charge in [0.1, 0.15) is 0 Å². The minimum Gasteiger partial charge on any atom is -0.342 e. The molecule has 1 aromatic rings. The first-order valence-corrected chi connectivity index (χ1v) is 8.21. The van der Waals surface area contributed by atoms with E-state index in [2.05, 4.69) is 34.5 Å². The van der Waals surface area contributed by atoms with Crippen LogP contribution in [0.4, 0.5) is 0 Å². The summed E-state index contributed by atoms with van der Waals surface area (Å²) in [5.74, 6) is 1.03. The van der Waals surface area contributed by atoms with Crippen LogP contribution in [0.2, 0.25) is 0 Å². The van der Waals surface area contributed by atoms with Gasteiger partial charge >= 0.3 is 0 Å². The van der Waals surface area contributed by atoms with Crippen molar-refractivity contribution in [2.45, 2.75) is 32.1 Å². The predicted molar refractivity (Wildman–Crippen MR) is 85.0 cm³/mol. The van der Waals surface area contributed by atoms with Gasteiger partial charge in [-0.2, -0.15) is 0 Å². The van der Waals surface area contributed by atoms with Crippen molar-refractivity contribution in [3.63, 3.8) is 0 Å². The van der Waals surface area contributed by atoms with Gasteiger partial charge in [-0.3, -0.25) is 4.79 Å². The topological polar surface area (TPSA) is 32.3 Å². The molecule has 114 valence electrons. The SMILES string of the molecule is CNCC1CCCN(C(=O)C2(Cc3ccccc3)CC2)C1. The van der Waals surface area contributed by atoms with Gasteiger partial charge in [-0.25, -0.2) is 0 Å². The van der Waals surface area contributed by atoms with Crippen LogP contribution in [0.1, 0.15) is 31.2 Å². The number of carbonyl (C=O) groups is 1. The Morgan fingerprint density at radius 1 is 1.33 bits per heavy atom. The maximum Gasteiger partial charge on any atom is 0.229 e. The fraction of sp³-hybridized carbons (Fsp3) is 0.611. The number of amides is 1. The van der Waals surface area contributed by atoms with Crippen LogP contribution in [-0.4, -0.2) is 37.5 Å². The van der Waals surface area contributed by atoms with Crippen LogP contribution < -0.4 is 5.32 Å². The molecule has 0 bridgehead atoms. The molecule has 1 unspecified atom stereocenters. The van der Waals surface area contributed by atoms with Crippen LogP contribution in [-0.2, 0) is 11.2 Å². The van der Waals surface area contributed by atoms with Crippen molar-refractivity contribution in [3.8, 4) is 0 Å². The van der Waals surface area contributed by atoms with E-state index in [4.69, 9.17) is 0 Å². The molecule has 3 rings (SSSR count). The summed E-state index contributed by atoms with van der Waals surface area (Å²) >= 11 is 0. The number of likely N-dealkylation sites (tertiary alicyclic amines) is 1. The number of hydrogen-bond acceptors (Lipinski definition) is 2. The van der Waals surface area contributed by atoms with Gasteiger partial charge < -0.3 is 10.2 Å². The van der Waals surface area contributed by atoms with Gasteiger partial charge in [-0.1, -0.05) is 30.3 Å². The number of benzene rings is 1. The Kier molecular flexibility index (Phi) is 4.29. The van der Waals surface area contributed by atoms with Crippen LogP contribution in [0.25, 0.3) is 0 Å². The van der Waals surface area contributed by atoms with Crippen LogP contribution in [0.15, 0.2) is 30.3 Å². The molecule has 0 radical (unpaired) electrons. The summed E-state index contributed by atoms with van der Waals surface area (Å²) in [6.07, 6.45) is 5.44. The first kappa shape index (κ1) is 14.6. The smallest absolute Gasteiger partial charge is 0.229 e. The lowest BCUT2D eigenvalue weighted by atomic mass is 9.92. The standard InChI is InChI=1S/C18H26N2O/c1-19-13-16-8-5-11-20(14-16)17(21)18(9-10-18)12-15-6-3-2-4-7-15/h2-4,6-7,16,19H,5,8-14H2,1H3. The van der Waals surface area contributed by atoms with E-state index < -0.39 is 0 Å². The van der Waals surface area contributed by atoms with Gasteiger partial charge in [0.05, 0.1) is 5.41 Å². The molecule has 1 aliphatic carbocycles. The lowest BCUT2D eigenvalue weighted by molar-refractivity contribution is -0.138. The van der Waals surface area contributed by atoms with Gasteiger partial charge in [0.15, 0.2) is 0 Å². The molecule has 1 N–H and O–H groups in total. The number of hydrogen-bond donors (Lipinski definition) is 1. The van der Waals surface area contributed by atoms with Crippen molar-refractivity contribution in [2.24, 2.45) is 11.3 Å². The van der Waals surface area contributed by atoms with Gasteiger partial charge in [0.25, 0.3) is 0 Å². The highest BCUT2D eigenvalue weighted by molar-refractivity contribution is 5.85. The lowest BCUT2D eigenvalue weighted by Gasteiger charge is -2.35. The second kappa shape index (κ2) is 6.18. The Morgan fingerprint density at radius 2 is 2.10 bits per heavy atom. The minimum absolute atomic E-state index is 0.0805. The molecular weight excluding hydrogens is 260 g/mol. The summed E-state index contributed by atoms with van der Waals surface area (Å²) in [4.78, 5) is 15.1. The third-order valence-electron chi connectivity index (χ3n) is 4.99. The first-order valence-electron chi connectivity index (χ1n) is 8.21. The van der Waals surface area contributed by atoms with E-state index >= 15 is 0 Å². The molecule has 1 atom stereocenters. The Labute approximate surface area is 127 Å². The number of piperidine rings is 1. The molecule has 3 heteroatoms. The molecule has 0 spiro atoms. The zero-order chi connectivity index (χ0) is 14.7. The summed E-state index contributed by atoms with van der Waals surface area (Å²) in [6, 6.07) is 10.5. The largest absolute Gasteiger partial charge is 0.342 e. The van der Waals surface area contributed by atoms with Crippen LogP contribution in [0, 0.1) is 11.3 Å². The molecular formula is C18H26N2O. The third-order valence-corrected chi connectivity index (χ3v) is 4.99. The Balaban J connectivity index is 1.64. The summed E-state index contributed by atoms with van der Waals surface area (Å²) in [5, 5.41) is 3.25. The van der Waals surface area contributed by atoms with E-state index in [-0.39, 0.29) is 5.41 Å². The molecule has 21 heavy (non-hydrogen) atoms. The second-order valence-electron chi connectivity index (χ2n) is 6.76. The first-order chi connectivity index (χ1) is 10.2. The van der Waals surface area contributed by atoms with E-state index in [9.17, 15) is 4.79 Å². The third kappa shape index (κ3) is 3.29. The van der Waals surface area contributed by atoms with Crippen molar-refractivity contribution in [3.05, 3.63) is 35.9 Å². The number of nitrogens with zero attached hydrogens (tertiary/aromatic N) is 1. The highest BCUT2D eigenvalue weighted by Crippen LogP contribution is 2.50. The molecule has 1 saturated carbocycles. The van der Waals surface area contributed by atoms with Crippen LogP contribution >= 0.6 is 0 Å². The average Bonchev–Trinajstić information content (AvgIpc) is 3.29. The van der Waals surface area contributed by atoms with Crippen molar-refractivity contribution in [1.29, 1.82) is 0 Å². The molecule has 2 aliphatic rings. The molecule has 1 saturated heterocycles. The average molecular weight is 286 g/mol. The molecule has 1 aliphatic heterocycles. The second-order valence-corrected chi connectivity index (χ2v) is 6.76. The summed E-state index contributed by atoms with van der Waals surface area (Å²) in [5.41, 5.74) is 1.22. The van der Waals surface area contributed by atoms with E-state index in [1.54, 1.807) is 0 Å². The van der Waals surface area contributed by atoms with Crippen molar-refractivity contribution < 1.29 is 4.79 Å². The molecule has 1 amide bonds. The van der Waals surface area contributed by atoms with Crippen molar-refractivity contribution in [1.82, 2.24) is 10.2 Å². The van der Waals surface area contributed by atoms with Gasteiger partial charge in [0, 0.05) is 13.1 Å². The fourth-order valence-corrected chi connectivity index (χ4v) is 3.64. The van der Waals surface area contributed by atoms with Gasteiger partial charge in [0.2, 0.25) is 5.91 Å². The zero-order valence-electron chi connectivity index (χ0n) is 13.0. The normalized spacial score (nSPS) is 23.9. The van der Waals surface area contributed by atoms with E-state index in [1.165, 1.54) is 12.0 Å². The van der Waals surface area contributed by atoms with Crippen molar-refractivity contribution in [2.75, 3.05) is 26.7 Å². The summed E-state index contributed by atoms with van der Waals surface area (Å²) in [6.45, 7) is 2.92. The van der Waals surface area contributed by atoms with Gasteiger partial charge in [-0.05, 0) is 57.2 Å². The Bertz CT molecular complexity index is 479. The Hall–Kier alpha value is -1.35. The maximum absolute atomic E-state index is 12.9. The van der Waals surface area contributed by atoms with Crippen molar-refractivity contribution >= 4 is 5.91 Å². The van der Waals surface area contributed by atoms with Crippen LogP contribution in [0.3, 0.4) is 0 Å². The monoisotopic (exact) mass is 286 g/mol. The molecule has 1 heterocycles. The highest BCUT2D eigenvalue weighted by atomic mass is 16.2. The Morgan fingerprint density at radius 3 is 2.76 bits per heavy atom. The number of nitrogens with one attached hydrogen (secondary N) is 1. The zero-order valence-corrected chi connectivity index (χ0v) is 13.0.